The number of carbonyl (C=O) groups is 1. The van der Waals surface area contributed by atoms with Crippen LogP contribution in [0.1, 0.15) is 38.2 Å². The first-order valence-corrected chi connectivity index (χ1v) is 6.12. The number of hydrogen-bond donors (Lipinski definition) is 0. The fraction of sp³-hybridized carbons (Fsp3) is 0.500. The SMILES string of the molecule is CCCC(C(C)=O)c1ccc2c(c1)OCCO2. The van der Waals surface area contributed by atoms with Crippen LogP contribution in [0.15, 0.2) is 18.2 Å². The molecule has 0 N–H and O–H groups in total. The van der Waals surface area contributed by atoms with E-state index in [1.165, 1.54) is 0 Å². The van der Waals surface area contributed by atoms with Crippen LogP contribution in [0.3, 0.4) is 0 Å². The van der Waals surface area contributed by atoms with E-state index < -0.39 is 0 Å². The summed E-state index contributed by atoms with van der Waals surface area (Å²) in [6.07, 6.45) is 1.88. The Hall–Kier alpha value is -1.51. The van der Waals surface area contributed by atoms with Crippen LogP contribution in [0.2, 0.25) is 0 Å². The van der Waals surface area contributed by atoms with Crippen molar-refractivity contribution >= 4 is 5.78 Å². The summed E-state index contributed by atoms with van der Waals surface area (Å²) in [6, 6.07) is 5.81. The summed E-state index contributed by atoms with van der Waals surface area (Å²) in [5.74, 6) is 1.73. The highest BCUT2D eigenvalue weighted by Crippen LogP contribution is 2.34. The van der Waals surface area contributed by atoms with E-state index >= 15 is 0 Å². The lowest BCUT2D eigenvalue weighted by molar-refractivity contribution is -0.118. The van der Waals surface area contributed by atoms with Crippen molar-refractivity contribution in [2.24, 2.45) is 0 Å². The summed E-state index contributed by atoms with van der Waals surface area (Å²) >= 11 is 0. The van der Waals surface area contributed by atoms with Crippen molar-refractivity contribution in [3.63, 3.8) is 0 Å². The summed E-state index contributed by atoms with van der Waals surface area (Å²) in [7, 11) is 0. The largest absolute Gasteiger partial charge is 0.486 e. The minimum Gasteiger partial charge on any atom is -0.486 e. The fourth-order valence-corrected chi connectivity index (χ4v) is 2.17. The molecule has 2 rings (SSSR count). The van der Waals surface area contributed by atoms with E-state index in [0.717, 1.165) is 29.9 Å². The molecule has 3 heteroatoms. The number of Topliss-reactive ketones (excluding diaryl/α,β-unsaturated/α-hetero) is 1. The molecule has 3 nitrogen and oxygen atoms in total. The van der Waals surface area contributed by atoms with E-state index in [4.69, 9.17) is 9.47 Å². The maximum Gasteiger partial charge on any atom is 0.161 e. The molecule has 0 aromatic heterocycles. The number of rotatable bonds is 4. The smallest absolute Gasteiger partial charge is 0.161 e. The normalized spacial score (nSPS) is 15.4. The Morgan fingerprint density at radius 1 is 1.29 bits per heavy atom. The van der Waals surface area contributed by atoms with Crippen LogP contribution in [0, 0.1) is 0 Å². The summed E-state index contributed by atoms with van der Waals surface area (Å²) < 4.78 is 11.0. The Balaban J connectivity index is 2.28. The molecule has 0 fully saturated rings. The van der Waals surface area contributed by atoms with Gasteiger partial charge in [0.1, 0.15) is 19.0 Å². The van der Waals surface area contributed by atoms with Crippen molar-refractivity contribution in [1.29, 1.82) is 0 Å². The molecule has 1 aromatic carbocycles. The second-order valence-electron chi connectivity index (χ2n) is 4.36. The lowest BCUT2D eigenvalue weighted by atomic mass is 9.91. The first-order chi connectivity index (χ1) is 8.22. The Morgan fingerprint density at radius 3 is 2.65 bits per heavy atom. The van der Waals surface area contributed by atoms with Gasteiger partial charge in [0.2, 0.25) is 0 Å². The monoisotopic (exact) mass is 234 g/mol. The molecule has 1 atom stereocenters. The van der Waals surface area contributed by atoms with Crippen molar-refractivity contribution in [2.75, 3.05) is 13.2 Å². The summed E-state index contributed by atoms with van der Waals surface area (Å²) in [4.78, 5) is 11.6. The average Bonchev–Trinajstić information content (AvgIpc) is 2.35. The van der Waals surface area contributed by atoms with Crippen molar-refractivity contribution in [3.8, 4) is 11.5 Å². The van der Waals surface area contributed by atoms with Crippen LogP contribution < -0.4 is 9.47 Å². The molecule has 1 heterocycles. The Morgan fingerprint density at radius 2 is 2.00 bits per heavy atom. The molecule has 0 saturated carbocycles. The summed E-state index contributed by atoms with van der Waals surface area (Å²) in [6.45, 7) is 4.91. The molecular formula is C14H18O3. The van der Waals surface area contributed by atoms with Crippen LogP contribution in [0.5, 0.6) is 11.5 Å². The number of benzene rings is 1. The number of ketones is 1. The molecular weight excluding hydrogens is 216 g/mol. The lowest BCUT2D eigenvalue weighted by Gasteiger charge is -2.21. The molecule has 1 unspecified atom stereocenters. The van der Waals surface area contributed by atoms with Gasteiger partial charge in [0.15, 0.2) is 11.5 Å². The van der Waals surface area contributed by atoms with Crippen LogP contribution in [0.25, 0.3) is 0 Å². The summed E-state index contributed by atoms with van der Waals surface area (Å²) in [5.41, 5.74) is 1.03. The van der Waals surface area contributed by atoms with Gasteiger partial charge in [0.25, 0.3) is 0 Å². The predicted octanol–water partition coefficient (Wildman–Crippen LogP) is 2.93. The highest BCUT2D eigenvalue weighted by molar-refractivity contribution is 5.83. The van der Waals surface area contributed by atoms with Gasteiger partial charge in [-0.3, -0.25) is 4.79 Å². The van der Waals surface area contributed by atoms with Crippen LogP contribution in [-0.2, 0) is 4.79 Å². The zero-order chi connectivity index (χ0) is 12.3. The van der Waals surface area contributed by atoms with Crippen LogP contribution >= 0.6 is 0 Å². The zero-order valence-electron chi connectivity index (χ0n) is 10.4. The van der Waals surface area contributed by atoms with E-state index in [0.29, 0.717) is 13.2 Å². The summed E-state index contributed by atoms with van der Waals surface area (Å²) in [5, 5.41) is 0. The molecule has 0 radical (unpaired) electrons. The van der Waals surface area contributed by atoms with E-state index in [2.05, 4.69) is 6.92 Å². The third-order valence-electron chi connectivity index (χ3n) is 3.04. The molecule has 92 valence electrons. The van der Waals surface area contributed by atoms with Gasteiger partial charge in [-0.2, -0.15) is 0 Å². The molecule has 1 aliphatic rings. The molecule has 0 bridgehead atoms. The number of carbonyl (C=O) groups excluding carboxylic acids is 1. The maximum absolute atomic E-state index is 11.6. The first kappa shape index (κ1) is 12.0. The highest BCUT2D eigenvalue weighted by atomic mass is 16.6. The quantitative estimate of drug-likeness (QED) is 0.803. The highest BCUT2D eigenvalue weighted by Gasteiger charge is 2.19. The average molecular weight is 234 g/mol. The fourth-order valence-electron chi connectivity index (χ4n) is 2.17. The number of ether oxygens (including phenoxy) is 2. The lowest BCUT2D eigenvalue weighted by Crippen LogP contribution is -2.16. The molecule has 0 spiro atoms. The van der Waals surface area contributed by atoms with E-state index in [1.807, 2.05) is 18.2 Å². The predicted molar refractivity (Wildman–Crippen MR) is 65.8 cm³/mol. The minimum absolute atomic E-state index is 0.0178. The van der Waals surface area contributed by atoms with Crippen LogP contribution in [-0.4, -0.2) is 19.0 Å². The van der Waals surface area contributed by atoms with E-state index in [1.54, 1.807) is 6.92 Å². The maximum atomic E-state index is 11.6. The van der Waals surface area contributed by atoms with Crippen molar-refractivity contribution in [2.45, 2.75) is 32.6 Å². The van der Waals surface area contributed by atoms with Gasteiger partial charge in [-0.25, -0.2) is 0 Å². The van der Waals surface area contributed by atoms with Gasteiger partial charge in [-0.1, -0.05) is 19.4 Å². The molecule has 17 heavy (non-hydrogen) atoms. The molecule has 0 aliphatic carbocycles. The molecule has 0 amide bonds. The third kappa shape index (κ3) is 2.60. The van der Waals surface area contributed by atoms with Crippen LogP contribution in [0.4, 0.5) is 0 Å². The Bertz CT molecular complexity index is 412. The van der Waals surface area contributed by atoms with Crippen molar-refractivity contribution in [3.05, 3.63) is 23.8 Å². The molecule has 0 saturated heterocycles. The first-order valence-electron chi connectivity index (χ1n) is 6.12. The third-order valence-corrected chi connectivity index (χ3v) is 3.04. The topological polar surface area (TPSA) is 35.5 Å². The van der Waals surface area contributed by atoms with E-state index in [-0.39, 0.29) is 11.7 Å². The van der Waals surface area contributed by atoms with Gasteiger partial charge in [0, 0.05) is 5.92 Å². The van der Waals surface area contributed by atoms with Gasteiger partial charge in [-0.15, -0.1) is 0 Å². The molecule has 1 aromatic rings. The van der Waals surface area contributed by atoms with Gasteiger partial charge in [0.05, 0.1) is 0 Å². The Kier molecular flexibility index (Phi) is 3.67. The molecule has 1 aliphatic heterocycles. The van der Waals surface area contributed by atoms with Crippen molar-refractivity contribution in [1.82, 2.24) is 0 Å². The number of hydrogen-bond acceptors (Lipinski definition) is 3. The van der Waals surface area contributed by atoms with Gasteiger partial charge >= 0.3 is 0 Å². The van der Waals surface area contributed by atoms with Gasteiger partial charge < -0.3 is 9.47 Å². The zero-order valence-corrected chi connectivity index (χ0v) is 10.4. The second-order valence-corrected chi connectivity index (χ2v) is 4.36. The minimum atomic E-state index is -0.0178. The van der Waals surface area contributed by atoms with Gasteiger partial charge in [-0.05, 0) is 31.0 Å². The Labute approximate surface area is 102 Å². The van der Waals surface area contributed by atoms with E-state index in [9.17, 15) is 4.79 Å². The van der Waals surface area contributed by atoms with Crippen molar-refractivity contribution < 1.29 is 14.3 Å². The second kappa shape index (κ2) is 5.21. The standard InChI is InChI=1S/C14H18O3/c1-3-4-12(10(2)15)11-5-6-13-14(9-11)17-8-7-16-13/h5-6,9,12H,3-4,7-8H2,1-2H3. The number of fused-ring (bicyclic) bond motifs is 1.